The van der Waals surface area contributed by atoms with Crippen LogP contribution in [0.5, 0.6) is 0 Å². The van der Waals surface area contributed by atoms with Crippen LogP contribution < -0.4 is 5.32 Å². The minimum Gasteiger partial charge on any atom is -0.316 e. The summed E-state index contributed by atoms with van der Waals surface area (Å²) in [6, 6.07) is 14.3. The summed E-state index contributed by atoms with van der Waals surface area (Å²) in [5.74, 6) is 1.20. The Morgan fingerprint density at radius 1 is 1.06 bits per heavy atom. The summed E-state index contributed by atoms with van der Waals surface area (Å²) in [6.07, 6.45) is 8.64. The van der Waals surface area contributed by atoms with Gasteiger partial charge in [-0.15, -0.1) is 0 Å². The summed E-state index contributed by atoms with van der Waals surface area (Å²) in [6.45, 7) is 11.8. The second-order valence-electron chi connectivity index (χ2n) is 11.0. The third-order valence-electron chi connectivity index (χ3n) is 8.43. The first-order chi connectivity index (χ1) is 14.8. The van der Waals surface area contributed by atoms with Crippen molar-refractivity contribution < 1.29 is 4.39 Å². The zero-order valence-corrected chi connectivity index (χ0v) is 19.9. The lowest BCUT2D eigenvalue weighted by atomic mass is 9.49. The molecule has 0 heterocycles. The van der Waals surface area contributed by atoms with Crippen molar-refractivity contribution in [3.05, 3.63) is 70.5 Å². The lowest BCUT2D eigenvalue weighted by molar-refractivity contribution is 0.0260. The average Bonchev–Trinajstić information content (AvgIpc) is 2.74. The smallest absolute Gasteiger partial charge is 0.123 e. The minimum absolute atomic E-state index is 0.148. The largest absolute Gasteiger partial charge is 0.316 e. The van der Waals surface area contributed by atoms with Crippen LogP contribution in [0.3, 0.4) is 0 Å². The van der Waals surface area contributed by atoms with E-state index in [1.54, 1.807) is 23.3 Å². The van der Waals surface area contributed by atoms with E-state index >= 15 is 0 Å². The van der Waals surface area contributed by atoms with Gasteiger partial charge in [-0.1, -0.05) is 64.4 Å². The molecule has 0 aliphatic heterocycles. The molecule has 168 valence electrons. The standard InChI is InChI=1S/C29H40FN/c1-21(2)23-10-14-26-24(19-23)11-15-27-28(3,16-6-17-29(26,27)4)20-31-18-5-7-22-8-12-25(30)13-9-22/h8-10,12-14,19,21,27,31H,5-7,11,15-18,20H2,1-4H3. The zero-order chi connectivity index (χ0) is 22.1. The Morgan fingerprint density at radius 3 is 2.58 bits per heavy atom. The molecule has 0 amide bonds. The van der Waals surface area contributed by atoms with E-state index in [9.17, 15) is 4.39 Å². The van der Waals surface area contributed by atoms with Crippen LogP contribution in [0.2, 0.25) is 0 Å². The Balaban J connectivity index is 1.39. The van der Waals surface area contributed by atoms with Crippen LogP contribution >= 0.6 is 0 Å². The van der Waals surface area contributed by atoms with Gasteiger partial charge in [0.1, 0.15) is 5.82 Å². The van der Waals surface area contributed by atoms with Gasteiger partial charge in [0.25, 0.3) is 0 Å². The second-order valence-corrected chi connectivity index (χ2v) is 11.0. The molecule has 2 aromatic carbocycles. The van der Waals surface area contributed by atoms with Gasteiger partial charge in [-0.05, 0) is 102 Å². The van der Waals surface area contributed by atoms with Gasteiger partial charge in [0.15, 0.2) is 0 Å². The maximum Gasteiger partial charge on any atom is 0.123 e. The third kappa shape index (κ3) is 4.60. The molecule has 3 atom stereocenters. The summed E-state index contributed by atoms with van der Waals surface area (Å²) in [7, 11) is 0. The highest BCUT2D eigenvalue weighted by molar-refractivity contribution is 5.42. The Bertz CT molecular complexity index is 886. The summed E-state index contributed by atoms with van der Waals surface area (Å²) >= 11 is 0. The molecule has 0 bridgehead atoms. The summed E-state index contributed by atoms with van der Waals surface area (Å²) in [5, 5.41) is 3.80. The summed E-state index contributed by atoms with van der Waals surface area (Å²) in [4.78, 5) is 0. The van der Waals surface area contributed by atoms with Gasteiger partial charge >= 0.3 is 0 Å². The fraction of sp³-hybridized carbons (Fsp3) is 0.586. The van der Waals surface area contributed by atoms with Crippen molar-refractivity contribution in [2.75, 3.05) is 13.1 Å². The number of hydrogen-bond donors (Lipinski definition) is 1. The van der Waals surface area contributed by atoms with E-state index in [-0.39, 0.29) is 5.82 Å². The normalized spacial score (nSPS) is 27.7. The highest BCUT2D eigenvalue weighted by Gasteiger charge is 2.51. The van der Waals surface area contributed by atoms with E-state index in [4.69, 9.17) is 0 Å². The fourth-order valence-electron chi connectivity index (χ4n) is 6.66. The molecule has 1 fully saturated rings. The number of aryl methyl sites for hydroxylation is 2. The second kappa shape index (κ2) is 9.06. The maximum atomic E-state index is 13.1. The van der Waals surface area contributed by atoms with Crippen LogP contribution in [-0.4, -0.2) is 13.1 Å². The van der Waals surface area contributed by atoms with Crippen molar-refractivity contribution in [3.63, 3.8) is 0 Å². The van der Waals surface area contributed by atoms with Crippen LogP contribution in [0.25, 0.3) is 0 Å². The predicted molar refractivity (Wildman–Crippen MR) is 129 cm³/mol. The highest BCUT2D eigenvalue weighted by Crippen LogP contribution is 2.57. The lowest BCUT2D eigenvalue weighted by Gasteiger charge is -2.55. The van der Waals surface area contributed by atoms with Gasteiger partial charge in [0, 0.05) is 6.54 Å². The zero-order valence-electron chi connectivity index (χ0n) is 19.9. The Hall–Kier alpha value is -1.67. The minimum atomic E-state index is -0.148. The van der Waals surface area contributed by atoms with Gasteiger partial charge < -0.3 is 5.32 Å². The number of benzene rings is 2. The number of rotatable bonds is 7. The van der Waals surface area contributed by atoms with E-state index in [2.05, 4.69) is 51.2 Å². The van der Waals surface area contributed by atoms with Gasteiger partial charge in [0.05, 0.1) is 0 Å². The Labute approximate surface area is 188 Å². The summed E-state index contributed by atoms with van der Waals surface area (Å²) in [5.41, 5.74) is 6.63. The molecule has 2 aliphatic rings. The van der Waals surface area contributed by atoms with Crippen molar-refractivity contribution >= 4 is 0 Å². The maximum absolute atomic E-state index is 13.1. The molecule has 0 saturated heterocycles. The van der Waals surface area contributed by atoms with E-state index in [0.717, 1.165) is 31.8 Å². The van der Waals surface area contributed by atoms with E-state index in [1.165, 1.54) is 43.2 Å². The van der Waals surface area contributed by atoms with Crippen molar-refractivity contribution in [1.82, 2.24) is 5.32 Å². The van der Waals surface area contributed by atoms with Crippen molar-refractivity contribution in [2.45, 2.75) is 84.0 Å². The summed E-state index contributed by atoms with van der Waals surface area (Å²) < 4.78 is 13.1. The molecule has 2 heteroatoms. The third-order valence-corrected chi connectivity index (χ3v) is 8.43. The van der Waals surface area contributed by atoms with Crippen LogP contribution in [-0.2, 0) is 18.3 Å². The Kier molecular flexibility index (Phi) is 6.58. The molecule has 1 nitrogen and oxygen atoms in total. The van der Waals surface area contributed by atoms with Crippen LogP contribution in [0.1, 0.15) is 88.0 Å². The monoisotopic (exact) mass is 421 g/mol. The fourth-order valence-corrected chi connectivity index (χ4v) is 6.66. The van der Waals surface area contributed by atoms with Crippen molar-refractivity contribution in [3.8, 4) is 0 Å². The number of halogens is 1. The predicted octanol–water partition coefficient (Wildman–Crippen LogP) is 7.18. The van der Waals surface area contributed by atoms with Crippen LogP contribution in [0, 0.1) is 17.2 Å². The first kappa shape index (κ1) is 22.5. The topological polar surface area (TPSA) is 12.0 Å². The molecule has 1 saturated carbocycles. The van der Waals surface area contributed by atoms with Crippen molar-refractivity contribution in [1.29, 1.82) is 0 Å². The molecule has 31 heavy (non-hydrogen) atoms. The van der Waals surface area contributed by atoms with Gasteiger partial charge in [-0.3, -0.25) is 0 Å². The average molecular weight is 422 g/mol. The first-order valence-corrected chi connectivity index (χ1v) is 12.4. The molecule has 4 rings (SSSR count). The molecular formula is C29H40FN. The molecular weight excluding hydrogens is 381 g/mol. The Morgan fingerprint density at radius 2 is 1.84 bits per heavy atom. The molecule has 1 N–H and O–H groups in total. The quantitative estimate of drug-likeness (QED) is 0.467. The van der Waals surface area contributed by atoms with Crippen LogP contribution in [0.4, 0.5) is 4.39 Å². The lowest BCUT2D eigenvalue weighted by Crippen LogP contribution is -2.52. The van der Waals surface area contributed by atoms with Gasteiger partial charge in [-0.25, -0.2) is 4.39 Å². The van der Waals surface area contributed by atoms with E-state index < -0.39 is 0 Å². The van der Waals surface area contributed by atoms with Crippen LogP contribution in [0.15, 0.2) is 42.5 Å². The molecule has 2 aromatic rings. The number of fused-ring (bicyclic) bond motifs is 3. The molecule has 0 radical (unpaired) electrons. The van der Waals surface area contributed by atoms with Gasteiger partial charge in [0.2, 0.25) is 0 Å². The molecule has 2 aliphatic carbocycles. The number of nitrogens with one attached hydrogen (secondary N) is 1. The van der Waals surface area contributed by atoms with E-state index in [1.807, 2.05) is 12.1 Å². The van der Waals surface area contributed by atoms with E-state index in [0.29, 0.717) is 16.7 Å². The van der Waals surface area contributed by atoms with Gasteiger partial charge in [-0.2, -0.15) is 0 Å². The molecule has 0 spiro atoms. The number of hydrogen-bond acceptors (Lipinski definition) is 1. The highest BCUT2D eigenvalue weighted by atomic mass is 19.1. The molecule has 0 aromatic heterocycles. The SMILES string of the molecule is CC(C)c1ccc2c(c1)CCC1C(C)(CNCCCc3ccc(F)cc3)CCCC21C. The van der Waals surface area contributed by atoms with Crippen molar-refractivity contribution in [2.24, 2.45) is 11.3 Å². The molecule has 3 unspecified atom stereocenters. The first-order valence-electron chi connectivity index (χ1n) is 12.4.